The van der Waals surface area contributed by atoms with E-state index in [-0.39, 0.29) is 5.56 Å². The molecule has 1 aromatic rings. The van der Waals surface area contributed by atoms with Crippen molar-refractivity contribution in [1.82, 2.24) is 4.31 Å². The summed E-state index contributed by atoms with van der Waals surface area (Å²) < 4.78 is 75.9. The summed E-state index contributed by atoms with van der Waals surface area (Å²) >= 11 is 0. The molecule has 0 spiro atoms. The molecule has 0 unspecified atom stereocenters. The van der Waals surface area contributed by atoms with E-state index in [9.17, 15) is 26.0 Å². The molecular weight excluding hydrogens is 314 g/mol. The van der Waals surface area contributed by atoms with Crippen molar-refractivity contribution in [3.63, 3.8) is 0 Å². The van der Waals surface area contributed by atoms with Gasteiger partial charge in [0.15, 0.2) is 0 Å². The zero-order valence-electron chi connectivity index (χ0n) is 10.8. The van der Waals surface area contributed by atoms with Crippen molar-refractivity contribution in [3.8, 4) is 0 Å². The van der Waals surface area contributed by atoms with Gasteiger partial charge in [0.2, 0.25) is 10.0 Å². The highest BCUT2D eigenvalue weighted by atomic mass is 32.2. The first-order valence-electron chi connectivity index (χ1n) is 6.13. The van der Waals surface area contributed by atoms with E-state index in [4.69, 9.17) is 5.11 Å². The molecule has 1 aromatic carbocycles. The van der Waals surface area contributed by atoms with Gasteiger partial charge in [0.25, 0.3) is 0 Å². The molecule has 0 atom stereocenters. The summed E-state index contributed by atoms with van der Waals surface area (Å²) in [5.74, 6) is -0.815. The molecule has 1 N–H and O–H groups in total. The molecule has 0 bridgehead atoms. The Bertz CT molecular complexity index is 626. The quantitative estimate of drug-likeness (QED) is 0.842. The van der Waals surface area contributed by atoms with Crippen LogP contribution in [-0.2, 0) is 16.6 Å². The molecule has 1 saturated carbocycles. The van der Waals surface area contributed by atoms with Gasteiger partial charge in [0, 0.05) is 11.6 Å². The van der Waals surface area contributed by atoms with Crippen LogP contribution < -0.4 is 0 Å². The van der Waals surface area contributed by atoms with Crippen LogP contribution in [0.5, 0.6) is 0 Å². The van der Waals surface area contributed by atoms with Crippen LogP contribution in [0.2, 0.25) is 0 Å². The molecule has 118 valence electrons. The molecule has 21 heavy (non-hydrogen) atoms. The molecule has 9 heteroatoms. The van der Waals surface area contributed by atoms with Crippen molar-refractivity contribution in [3.05, 3.63) is 29.6 Å². The molecular formula is C12H13F4NO3S. The van der Waals surface area contributed by atoms with Gasteiger partial charge in [-0.3, -0.25) is 0 Å². The Kier molecular flexibility index (Phi) is 4.27. The van der Waals surface area contributed by atoms with Crippen LogP contribution in [0.4, 0.5) is 17.6 Å². The fraction of sp³-hybridized carbons (Fsp3) is 0.500. The molecule has 4 nitrogen and oxygen atoms in total. The van der Waals surface area contributed by atoms with Crippen molar-refractivity contribution >= 4 is 10.0 Å². The summed E-state index contributed by atoms with van der Waals surface area (Å²) in [6.45, 7) is -2.32. The standard InChI is InChI=1S/C12H13F4NO3S/c13-11-4-3-10(5-8(11)6-18)21(19,20)17(9-1-2-9)7-12(14,15)16/h3-5,9,18H,1-2,6-7H2. The first-order chi connectivity index (χ1) is 9.65. The molecule has 0 saturated heterocycles. The van der Waals surface area contributed by atoms with Crippen molar-refractivity contribution in [2.45, 2.75) is 36.6 Å². The normalized spacial score (nSPS) is 16.5. The number of aliphatic hydroxyl groups excluding tert-OH is 1. The summed E-state index contributed by atoms with van der Waals surface area (Å²) in [6.07, 6.45) is -3.93. The Morgan fingerprint density at radius 1 is 1.29 bits per heavy atom. The summed E-state index contributed by atoms with van der Waals surface area (Å²) in [6, 6.07) is 1.89. The molecule has 0 aromatic heterocycles. The number of nitrogens with zero attached hydrogens (tertiary/aromatic N) is 1. The van der Waals surface area contributed by atoms with E-state index in [1.54, 1.807) is 0 Å². The topological polar surface area (TPSA) is 57.6 Å². The molecule has 0 heterocycles. The number of rotatable bonds is 5. The average Bonchev–Trinajstić information content (AvgIpc) is 3.19. The van der Waals surface area contributed by atoms with E-state index >= 15 is 0 Å². The van der Waals surface area contributed by atoms with Crippen LogP contribution >= 0.6 is 0 Å². The van der Waals surface area contributed by atoms with Gasteiger partial charge in [0.05, 0.1) is 11.5 Å². The number of benzene rings is 1. The number of alkyl halides is 3. The smallest absolute Gasteiger partial charge is 0.392 e. The number of halogens is 4. The van der Waals surface area contributed by atoms with Crippen molar-refractivity contribution in [2.75, 3.05) is 6.54 Å². The van der Waals surface area contributed by atoms with Crippen LogP contribution in [-0.4, -0.2) is 36.6 Å². The van der Waals surface area contributed by atoms with Gasteiger partial charge in [-0.2, -0.15) is 17.5 Å². The third-order valence-corrected chi connectivity index (χ3v) is 4.98. The van der Waals surface area contributed by atoms with E-state index in [1.165, 1.54) is 0 Å². The Morgan fingerprint density at radius 3 is 2.38 bits per heavy atom. The van der Waals surface area contributed by atoms with E-state index in [2.05, 4.69) is 0 Å². The zero-order chi connectivity index (χ0) is 15.8. The van der Waals surface area contributed by atoms with Crippen molar-refractivity contribution in [2.24, 2.45) is 0 Å². The van der Waals surface area contributed by atoms with Crippen LogP contribution in [0.1, 0.15) is 18.4 Å². The van der Waals surface area contributed by atoms with Gasteiger partial charge in [-0.1, -0.05) is 0 Å². The molecule has 2 rings (SSSR count). The molecule has 0 aliphatic heterocycles. The number of sulfonamides is 1. The average molecular weight is 327 g/mol. The van der Waals surface area contributed by atoms with Gasteiger partial charge in [-0.15, -0.1) is 0 Å². The predicted octanol–water partition coefficient (Wildman–Crippen LogP) is 2.03. The molecule has 1 aliphatic rings. The van der Waals surface area contributed by atoms with Crippen molar-refractivity contribution < 1.29 is 31.1 Å². The predicted molar refractivity (Wildman–Crippen MR) is 65.3 cm³/mol. The van der Waals surface area contributed by atoms with Crippen LogP contribution in [0.3, 0.4) is 0 Å². The summed E-state index contributed by atoms with van der Waals surface area (Å²) in [5.41, 5.74) is -0.279. The summed E-state index contributed by atoms with van der Waals surface area (Å²) in [7, 11) is -4.38. The second-order valence-electron chi connectivity index (χ2n) is 4.81. The van der Waals surface area contributed by atoms with Gasteiger partial charge in [-0.25, -0.2) is 12.8 Å². The second kappa shape index (κ2) is 5.54. The molecule has 0 radical (unpaired) electrons. The Labute approximate surface area is 119 Å². The lowest BCUT2D eigenvalue weighted by Crippen LogP contribution is -2.40. The Balaban J connectivity index is 2.39. The monoisotopic (exact) mass is 327 g/mol. The molecule has 1 fully saturated rings. The van der Waals surface area contributed by atoms with E-state index in [1.807, 2.05) is 0 Å². The number of hydrogen-bond acceptors (Lipinski definition) is 3. The fourth-order valence-corrected chi connectivity index (χ4v) is 3.64. The summed E-state index contributed by atoms with van der Waals surface area (Å²) in [5, 5.41) is 8.93. The summed E-state index contributed by atoms with van der Waals surface area (Å²) in [4.78, 5) is -0.455. The van der Waals surface area contributed by atoms with Gasteiger partial charge < -0.3 is 5.11 Å². The lowest BCUT2D eigenvalue weighted by atomic mass is 10.2. The van der Waals surface area contributed by atoms with Crippen LogP contribution in [0, 0.1) is 5.82 Å². The Morgan fingerprint density at radius 2 is 1.90 bits per heavy atom. The maximum absolute atomic E-state index is 13.3. The fourth-order valence-electron chi connectivity index (χ4n) is 1.92. The largest absolute Gasteiger partial charge is 0.402 e. The third-order valence-electron chi connectivity index (χ3n) is 3.08. The van der Waals surface area contributed by atoms with Gasteiger partial charge >= 0.3 is 6.18 Å². The molecule has 0 amide bonds. The number of aliphatic hydroxyl groups is 1. The lowest BCUT2D eigenvalue weighted by molar-refractivity contribution is -0.137. The van der Waals surface area contributed by atoms with E-state index in [0.29, 0.717) is 17.1 Å². The highest BCUT2D eigenvalue weighted by Gasteiger charge is 2.44. The highest BCUT2D eigenvalue weighted by Crippen LogP contribution is 2.35. The maximum Gasteiger partial charge on any atom is 0.402 e. The van der Waals surface area contributed by atoms with Crippen LogP contribution in [0.15, 0.2) is 23.1 Å². The van der Waals surface area contributed by atoms with Crippen LogP contribution in [0.25, 0.3) is 0 Å². The third kappa shape index (κ3) is 3.72. The van der Waals surface area contributed by atoms with Gasteiger partial charge in [0.1, 0.15) is 12.4 Å². The molecule has 1 aliphatic carbocycles. The Hall–Kier alpha value is -1.19. The highest BCUT2D eigenvalue weighted by molar-refractivity contribution is 7.89. The lowest BCUT2D eigenvalue weighted by Gasteiger charge is -2.23. The minimum Gasteiger partial charge on any atom is -0.392 e. The SMILES string of the molecule is O=S(=O)(c1ccc(F)c(CO)c1)N(CC(F)(F)F)C1CC1. The first-order valence-corrected chi connectivity index (χ1v) is 7.57. The van der Waals surface area contributed by atoms with Crippen molar-refractivity contribution in [1.29, 1.82) is 0 Å². The van der Waals surface area contributed by atoms with E-state index in [0.717, 1.165) is 18.2 Å². The maximum atomic E-state index is 13.3. The first kappa shape index (κ1) is 16.2. The minimum absolute atomic E-state index is 0.279. The van der Waals surface area contributed by atoms with Gasteiger partial charge in [-0.05, 0) is 31.0 Å². The van der Waals surface area contributed by atoms with E-state index < -0.39 is 46.1 Å². The zero-order valence-corrected chi connectivity index (χ0v) is 11.6. The minimum atomic E-state index is -4.66. The second-order valence-corrected chi connectivity index (χ2v) is 6.70. The number of hydrogen-bond donors (Lipinski definition) is 1.